The number of amides is 1. The quantitative estimate of drug-likeness (QED) is 0.571. The summed E-state index contributed by atoms with van der Waals surface area (Å²) in [5.41, 5.74) is 0.906. The standard InChI is InChI=1S/C23H27N5O4S/c1-15-11-16(2)14-28(13-15)33(30,31)18-8-6-7-17(12-18)22(29)25-23-24-21(26-27-23)19-9-4-5-10-20(19)32-3/h4-10,12,15-16H,11,13-14H2,1-3H3,(H2,24,25,26,27,29)/t15-,16-/m1/s1. The van der Waals surface area contributed by atoms with Gasteiger partial charge in [0.15, 0.2) is 5.82 Å². The topological polar surface area (TPSA) is 117 Å². The first-order valence-corrected chi connectivity index (χ1v) is 12.2. The summed E-state index contributed by atoms with van der Waals surface area (Å²) in [7, 11) is -2.13. The second kappa shape index (κ2) is 9.32. The largest absolute Gasteiger partial charge is 0.496 e. The Kier molecular flexibility index (Phi) is 6.48. The zero-order valence-electron chi connectivity index (χ0n) is 18.8. The van der Waals surface area contributed by atoms with E-state index in [-0.39, 0.29) is 28.2 Å². The second-order valence-electron chi connectivity index (χ2n) is 8.46. The van der Waals surface area contributed by atoms with Gasteiger partial charge in [-0.25, -0.2) is 8.42 Å². The van der Waals surface area contributed by atoms with E-state index in [1.54, 1.807) is 25.3 Å². The number of rotatable bonds is 6. The smallest absolute Gasteiger partial charge is 0.258 e. The Hall–Kier alpha value is -3.24. The Morgan fingerprint density at radius 1 is 1.12 bits per heavy atom. The molecule has 1 aliphatic rings. The third-order valence-corrected chi connectivity index (χ3v) is 7.47. The van der Waals surface area contributed by atoms with Gasteiger partial charge in [-0.15, -0.1) is 5.10 Å². The molecule has 1 amide bonds. The molecule has 1 saturated heterocycles. The van der Waals surface area contributed by atoms with E-state index >= 15 is 0 Å². The second-order valence-corrected chi connectivity index (χ2v) is 10.4. The third-order valence-electron chi connectivity index (χ3n) is 5.64. The number of hydrogen-bond acceptors (Lipinski definition) is 6. The van der Waals surface area contributed by atoms with E-state index in [9.17, 15) is 13.2 Å². The maximum atomic E-state index is 13.2. The molecule has 0 unspecified atom stereocenters. The summed E-state index contributed by atoms with van der Waals surface area (Å²) < 4.78 is 33.2. The van der Waals surface area contributed by atoms with Crippen molar-refractivity contribution in [2.75, 3.05) is 25.5 Å². The van der Waals surface area contributed by atoms with E-state index in [4.69, 9.17) is 4.74 Å². The van der Waals surface area contributed by atoms with Gasteiger partial charge in [-0.05, 0) is 48.6 Å². The molecule has 4 rings (SSSR count). The summed E-state index contributed by atoms with van der Waals surface area (Å²) >= 11 is 0. The number of benzene rings is 2. The number of hydrogen-bond donors (Lipinski definition) is 2. The van der Waals surface area contributed by atoms with Crippen LogP contribution in [0.15, 0.2) is 53.4 Å². The summed E-state index contributed by atoms with van der Waals surface area (Å²) in [5, 5.41) is 9.44. The highest BCUT2D eigenvalue weighted by Crippen LogP contribution is 2.28. The van der Waals surface area contributed by atoms with E-state index in [1.165, 1.54) is 16.4 Å². The van der Waals surface area contributed by atoms with Crippen molar-refractivity contribution in [3.05, 3.63) is 54.1 Å². The van der Waals surface area contributed by atoms with Crippen molar-refractivity contribution < 1.29 is 17.9 Å². The lowest BCUT2D eigenvalue weighted by atomic mass is 9.94. The summed E-state index contributed by atoms with van der Waals surface area (Å²) in [6.45, 7) is 5.06. The summed E-state index contributed by atoms with van der Waals surface area (Å²) in [5.74, 6) is 1.21. The molecule has 2 N–H and O–H groups in total. The third kappa shape index (κ3) is 4.91. The minimum absolute atomic E-state index is 0.0767. The summed E-state index contributed by atoms with van der Waals surface area (Å²) in [4.78, 5) is 17.2. The van der Waals surface area contributed by atoms with Gasteiger partial charge < -0.3 is 4.74 Å². The number of anilines is 1. The highest BCUT2D eigenvalue weighted by molar-refractivity contribution is 7.89. The SMILES string of the molecule is COc1ccccc1-c1nc(NC(=O)c2cccc(S(=O)(=O)N3C[C@H](C)C[C@@H](C)C3)c2)n[nH]1. The number of aromatic nitrogens is 3. The van der Waals surface area contributed by atoms with Gasteiger partial charge in [0.1, 0.15) is 5.75 Å². The van der Waals surface area contributed by atoms with Crippen LogP contribution in [0.5, 0.6) is 5.75 Å². The lowest BCUT2D eigenvalue weighted by Crippen LogP contribution is -2.42. The van der Waals surface area contributed by atoms with Crippen LogP contribution < -0.4 is 10.1 Å². The molecule has 0 radical (unpaired) electrons. The van der Waals surface area contributed by atoms with Gasteiger partial charge in [-0.2, -0.15) is 9.29 Å². The first kappa shape index (κ1) is 22.9. The zero-order valence-corrected chi connectivity index (χ0v) is 19.6. The Morgan fingerprint density at radius 3 is 2.58 bits per heavy atom. The molecule has 10 heteroatoms. The predicted molar refractivity (Wildman–Crippen MR) is 124 cm³/mol. The summed E-state index contributed by atoms with van der Waals surface area (Å²) in [6, 6.07) is 13.3. The van der Waals surface area contributed by atoms with Crippen LogP contribution in [-0.4, -0.2) is 54.0 Å². The lowest BCUT2D eigenvalue weighted by Gasteiger charge is -2.34. The molecular weight excluding hydrogens is 442 g/mol. The number of nitrogens with one attached hydrogen (secondary N) is 2. The fourth-order valence-corrected chi connectivity index (χ4v) is 5.93. The number of carbonyl (C=O) groups excluding carboxylic acids is 1. The molecule has 2 heterocycles. The number of carbonyl (C=O) groups is 1. The van der Waals surface area contributed by atoms with Crippen molar-refractivity contribution in [3.8, 4) is 17.1 Å². The molecule has 1 aliphatic heterocycles. The van der Waals surface area contributed by atoms with Gasteiger partial charge >= 0.3 is 0 Å². The molecule has 0 aliphatic carbocycles. The predicted octanol–water partition coefficient (Wildman–Crippen LogP) is 3.40. The number of sulfonamides is 1. The number of methoxy groups -OCH3 is 1. The van der Waals surface area contributed by atoms with E-state index in [0.717, 1.165) is 6.42 Å². The molecule has 3 aromatic rings. The first-order chi connectivity index (χ1) is 15.8. The Bertz CT molecular complexity index is 1250. The molecular formula is C23H27N5O4S. The number of ether oxygens (including phenoxy) is 1. The van der Waals surface area contributed by atoms with E-state index in [2.05, 4.69) is 34.3 Å². The van der Waals surface area contributed by atoms with Gasteiger partial charge in [-0.3, -0.25) is 15.2 Å². The minimum Gasteiger partial charge on any atom is -0.496 e. The molecule has 174 valence electrons. The fourth-order valence-electron chi connectivity index (χ4n) is 4.20. The number of piperidine rings is 1. The molecule has 33 heavy (non-hydrogen) atoms. The highest BCUT2D eigenvalue weighted by atomic mass is 32.2. The fraction of sp³-hybridized carbons (Fsp3) is 0.348. The van der Waals surface area contributed by atoms with Crippen LogP contribution in [0.2, 0.25) is 0 Å². The number of H-pyrrole nitrogens is 1. The van der Waals surface area contributed by atoms with Crippen LogP contribution in [0.4, 0.5) is 5.95 Å². The lowest BCUT2D eigenvalue weighted by molar-refractivity contribution is 0.102. The number of aromatic amines is 1. The Morgan fingerprint density at radius 2 is 1.85 bits per heavy atom. The van der Waals surface area contributed by atoms with Crippen LogP contribution in [-0.2, 0) is 10.0 Å². The monoisotopic (exact) mass is 469 g/mol. The average molecular weight is 470 g/mol. The van der Waals surface area contributed by atoms with Crippen molar-refractivity contribution in [1.82, 2.24) is 19.5 Å². The van der Waals surface area contributed by atoms with Crippen molar-refractivity contribution in [1.29, 1.82) is 0 Å². The molecule has 2 atom stereocenters. The first-order valence-electron chi connectivity index (χ1n) is 10.7. The van der Waals surface area contributed by atoms with Crippen LogP contribution in [0.25, 0.3) is 11.4 Å². The normalized spacial score (nSPS) is 19.2. The highest BCUT2D eigenvalue weighted by Gasteiger charge is 2.32. The Labute approximate surface area is 193 Å². The van der Waals surface area contributed by atoms with Crippen LogP contribution in [0.3, 0.4) is 0 Å². The van der Waals surface area contributed by atoms with Crippen molar-refractivity contribution >= 4 is 21.9 Å². The van der Waals surface area contributed by atoms with E-state index in [0.29, 0.717) is 30.2 Å². The average Bonchev–Trinajstić information content (AvgIpc) is 3.26. The van der Waals surface area contributed by atoms with Gasteiger partial charge in [0, 0.05) is 18.7 Å². The van der Waals surface area contributed by atoms with Crippen LogP contribution in [0, 0.1) is 11.8 Å². The summed E-state index contributed by atoms with van der Waals surface area (Å²) in [6.07, 6.45) is 1.00. The van der Waals surface area contributed by atoms with Crippen LogP contribution >= 0.6 is 0 Å². The van der Waals surface area contributed by atoms with Gasteiger partial charge in [-0.1, -0.05) is 32.0 Å². The zero-order chi connectivity index (χ0) is 23.6. The maximum Gasteiger partial charge on any atom is 0.258 e. The molecule has 1 aromatic heterocycles. The Balaban J connectivity index is 1.52. The van der Waals surface area contributed by atoms with Gasteiger partial charge in [0.25, 0.3) is 5.91 Å². The molecule has 0 spiro atoms. The van der Waals surface area contributed by atoms with Crippen LogP contribution in [0.1, 0.15) is 30.6 Å². The maximum absolute atomic E-state index is 13.2. The molecule has 0 saturated carbocycles. The van der Waals surface area contributed by atoms with E-state index < -0.39 is 15.9 Å². The molecule has 1 fully saturated rings. The molecule has 2 aromatic carbocycles. The van der Waals surface area contributed by atoms with Gasteiger partial charge in [0.2, 0.25) is 16.0 Å². The number of para-hydroxylation sites is 1. The number of nitrogens with zero attached hydrogens (tertiary/aromatic N) is 3. The van der Waals surface area contributed by atoms with Gasteiger partial charge in [0.05, 0.1) is 17.6 Å². The van der Waals surface area contributed by atoms with Crippen molar-refractivity contribution in [2.45, 2.75) is 25.2 Å². The van der Waals surface area contributed by atoms with Crippen molar-refractivity contribution in [2.24, 2.45) is 11.8 Å². The van der Waals surface area contributed by atoms with Crippen molar-refractivity contribution in [3.63, 3.8) is 0 Å². The molecule has 0 bridgehead atoms. The molecule has 9 nitrogen and oxygen atoms in total. The van der Waals surface area contributed by atoms with E-state index in [1.807, 2.05) is 18.2 Å². The minimum atomic E-state index is -3.69.